The molecule has 6 nitrogen and oxygen atoms in total. The van der Waals surface area contributed by atoms with Crippen molar-refractivity contribution in [2.45, 2.75) is 24.0 Å². The summed E-state index contributed by atoms with van der Waals surface area (Å²) in [4.78, 5) is 12.6. The minimum Gasteiger partial charge on any atom is -0.393 e. The van der Waals surface area contributed by atoms with E-state index in [1.165, 1.54) is 11.9 Å². The third kappa shape index (κ3) is 0.786. The quantitative estimate of drug-likeness (QED) is 0.416. The molecule has 0 spiro atoms. The molecule has 13 heavy (non-hydrogen) atoms. The first-order valence-corrected chi connectivity index (χ1v) is 3.96. The first-order valence-electron chi connectivity index (χ1n) is 3.96. The van der Waals surface area contributed by atoms with E-state index in [1.807, 2.05) is 0 Å². The van der Waals surface area contributed by atoms with Crippen LogP contribution in [0.15, 0.2) is 0 Å². The molecular formula is C7H11NO5. The predicted molar refractivity (Wildman–Crippen MR) is 39.5 cm³/mol. The number of amides is 1. The van der Waals surface area contributed by atoms with E-state index in [1.54, 1.807) is 0 Å². The van der Waals surface area contributed by atoms with E-state index >= 15 is 0 Å². The summed E-state index contributed by atoms with van der Waals surface area (Å²) >= 11 is 0. The first kappa shape index (κ1) is 8.89. The molecule has 1 amide bonds. The maximum absolute atomic E-state index is 11.4. The third-order valence-corrected chi connectivity index (χ3v) is 2.79. The number of likely N-dealkylation sites (N-methyl/N-ethyl adjacent to an activating group) is 1. The topological polar surface area (TPSA) is 90.2 Å². The van der Waals surface area contributed by atoms with Gasteiger partial charge in [-0.15, -0.1) is 0 Å². The maximum Gasteiger partial charge on any atom is 0.260 e. The van der Waals surface area contributed by atoms with E-state index < -0.39 is 36.6 Å². The molecule has 0 aromatic carbocycles. The van der Waals surface area contributed by atoms with Crippen molar-refractivity contribution in [3.63, 3.8) is 0 Å². The summed E-state index contributed by atoms with van der Waals surface area (Å²) in [6.45, 7) is -0.620. The Balaban J connectivity index is 2.42. The number of hydrogen-bond donors (Lipinski definition) is 3. The highest BCUT2D eigenvalue weighted by Gasteiger charge is 2.67. The van der Waals surface area contributed by atoms with Crippen molar-refractivity contribution in [3.8, 4) is 0 Å². The molecule has 2 saturated heterocycles. The summed E-state index contributed by atoms with van der Waals surface area (Å²) in [5.41, 5.74) is -1.64. The van der Waals surface area contributed by atoms with Gasteiger partial charge >= 0.3 is 0 Å². The number of carbonyl (C=O) groups is 1. The zero-order valence-electron chi connectivity index (χ0n) is 7.04. The van der Waals surface area contributed by atoms with Crippen LogP contribution in [0.2, 0.25) is 0 Å². The second-order valence-corrected chi connectivity index (χ2v) is 3.41. The lowest BCUT2D eigenvalue weighted by Gasteiger charge is -2.30. The van der Waals surface area contributed by atoms with Crippen LogP contribution in [0.1, 0.15) is 0 Å². The second-order valence-electron chi connectivity index (χ2n) is 3.41. The van der Waals surface area contributed by atoms with Gasteiger partial charge in [0.15, 0.2) is 6.29 Å². The highest BCUT2D eigenvalue weighted by molar-refractivity contribution is 5.90. The number of morpholine rings is 1. The number of ether oxygens (including phenoxy) is 1. The molecule has 0 radical (unpaired) electrons. The molecule has 0 aromatic rings. The van der Waals surface area contributed by atoms with Crippen LogP contribution in [0.4, 0.5) is 0 Å². The van der Waals surface area contributed by atoms with E-state index in [-0.39, 0.29) is 0 Å². The summed E-state index contributed by atoms with van der Waals surface area (Å²) in [6, 6.07) is -0.764. The molecule has 2 aliphatic heterocycles. The number of fused-ring (bicyclic) bond motifs is 2. The average Bonchev–Trinajstić information content (AvgIpc) is 2.44. The van der Waals surface area contributed by atoms with Gasteiger partial charge in [-0.1, -0.05) is 0 Å². The molecular weight excluding hydrogens is 178 g/mol. The van der Waals surface area contributed by atoms with Crippen molar-refractivity contribution in [3.05, 3.63) is 0 Å². The van der Waals surface area contributed by atoms with E-state index in [0.717, 1.165) is 0 Å². The molecule has 0 aromatic heterocycles. The van der Waals surface area contributed by atoms with Crippen molar-refractivity contribution >= 4 is 5.91 Å². The number of likely N-dealkylation sites (tertiary alicyclic amines) is 1. The van der Waals surface area contributed by atoms with Crippen LogP contribution in [0.5, 0.6) is 0 Å². The Morgan fingerprint density at radius 3 is 2.62 bits per heavy atom. The largest absolute Gasteiger partial charge is 0.393 e. The molecule has 1 unspecified atom stereocenters. The molecule has 2 heterocycles. The highest BCUT2D eigenvalue weighted by Crippen LogP contribution is 2.40. The Morgan fingerprint density at radius 1 is 1.62 bits per heavy atom. The molecule has 3 N–H and O–H groups in total. The Hall–Kier alpha value is -0.690. The fourth-order valence-electron chi connectivity index (χ4n) is 2.00. The predicted octanol–water partition coefficient (Wildman–Crippen LogP) is -2.73. The van der Waals surface area contributed by atoms with Crippen molar-refractivity contribution < 1.29 is 24.9 Å². The minimum absolute atomic E-state index is 0.488. The number of nitrogens with zero attached hydrogens (tertiary/aromatic N) is 1. The van der Waals surface area contributed by atoms with Gasteiger partial charge in [-0.05, 0) is 0 Å². The standard InChI is InChI=1S/C7H11NO5/c1-8-3-4(10)7(2-9,6(8)12)13-5(3)11/h3-5,9-11H,2H2,1H3/t3-,4?,5+,7+/m0/s1. The lowest BCUT2D eigenvalue weighted by molar-refractivity contribution is -0.206. The molecule has 4 atom stereocenters. The molecule has 2 fully saturated rings. The zero-order chi connectivity index (χ0) is 9.80. The molecule has 0 aliphatic carbocycles. The van der Waals surface area contributed by atoms with Crippen molar-refractivity contribution in [1.82, 2.24) is 4.90 Å². The van der Waals surface area contributed by atoms with Crippen molar-refractivity contribution in [2.75, 3.05) is 13.7 Å². The van der Waals surface area contributed by atoms with Crippen LogP contribution in [-0.2, 0) is 9.53 Å². The molecule has 6 heteroatoms. The fourth-order valence-corrected chi connectivity index (χ4v) is 2.00. The van der Waals surface area contributed by atoms with Crippen LogP contribution in [0.25, 0.3) is 0 Å². The fraction of sp³-hybridized carbons (Fsp3) is 0.857. The van der Waals surface area contributed by atoms with Gasteiger partial charge in [0.25, 0.3) is 5.91 Å². The van der Waals surface area contributed by atoms with Gasteiger partial charge in [0.2, 0.25) is 5.60 Å². The SMILES string of the molecule is CN1C(=O)[C@]2(CO)O[C@@H](O)[C@@H]1C2O. The molecule has 2 aliphatic rings. The summed E-state index contributed by atoms with van der Waals surface area (Å²) < 4.78 is 4.86. The van der Waals surface area contributed by atoms with E-state index in [2.05, 4.69) is 0 Å². The van der Waals surface area contributed by atoms with Gasteiger partial charge in [0.1, 0.15) is 12.1 Å². The van der Waals surface area contributed by atoms with E-state index in [0.29, 0.717) is 0 Å². The Bertz CT molecular complexity index is 257. The average molecular weight is 189 g/mol. The third-order valence-electron chi connectivity index (χ3n) is 2.79. The molecule has 0 saturated carbocycles. The number of aliphatic hydroxyl groups excluding tert-OH is 3. The van der Waals surface area contributed by atoms with Crippen LogP contribution in [-0.4, -0.2) is 63.8 Å². The molecule has 2 rings (SSSR count). The van der Waals surface area contributed by atoms with E-state index in [9.17, 15) is 15.0 Å². The van der Waals surface area contributed by atoms with Crippen molar-refractivity contribution in [2.24, 2.45) is 0 Å². The maximum atomic E-state index is 11.4. The summed E-state index contributed by atoms with van der Waals surface area (Å²) in [7, 11) is 1.46. The van der Waals surface area contributed by atoms with Crippen molar-refractivity contribution in [1.29, 1.82) is 0 Å². The van der Waals surface area contributed by atoms with Gasteiger partial charge in [-0.2, -0.15) is 0 Å². The normalized spacial score (nSPS) is 49.1. The summed E-state index contributed by atoms with van der Waals surface area (Å²) in [5.74, 6) is -0.488. The smallest absolute Gasteiger partial charge is 0.260 e. The van der Waals surface area contributed by atoms with Crippen LogP contribution < -0.4 is 0 Å². The highest BCUT2D eigenvalue weighted by atomic mass is 16.7. The van der Waals surface area contributed by atoms with Gasteiger partial charge in [0.05, 0.1) is 6.61 Å². The number of carbonyl (C=O) groups excluding carboxylic acids is 1. The Kier molecular flexibility index (Phi) is 1.65. The van der Waals surface area contributed by atoms with Crippen LogP contribution >= 0.6 is 0 Å². The van der Waals surface area contributed by atoms with Crippen LogP contribution in [0, 0.1) is 0 Å². The van der Waals surface area contributed by atoms with Gasteiger partial charge in [-0.25, -0.2) is 0 Å². The number of hydrogen-bond acceptors (Lipinski definition) is 5. The molecule has 74 valence electrons. The summed E-state index contributed by atoms with van der Waals surface area (Å²) in [5, 5.41) is 27.8. The Morgan fingerprint density at radius 2 is 2.23 bits per heavy atom. The molecule has 2 bridgehead atoms. The second kappa shape index (κ2) is 2.42. The summed E-state index contributed by atoms with van der Waals surface area (Å²) in [6.07, 6.45) is -2.38. The lowest BCUT2D eigenvalue weighted by atomic mass is 10.0. The minimum atomic E-state index is -1.64. The van der Waals surface area contributed by atoms with Gasteiger partial charge in [0, 0.05) is 7.05 Å². The Labute approximate surface area is 74.3 Å². The van der Waals surface area contributed by atoms with E-state index in [4.69, 9.17) is 9.84 Å². The number of rotatable bonds is 1. The lowest BCUT2D eigenvalue weighted by Crippen LogP contribution is -2.52. The number of aliphatic hydroxyl groups is 3. The monoisotopic (exact) mass is 189 g/mol. The van der Waals surface area contributed by atoms with Crippen LogP contribution in [0.3, 0.4) is 0 Å². The first-order chi connectivity index (χ1) is 6.04. The van der Waals surface area contributed by atoms with Gasteiger partial charge < -0.3 is 25.0 Å². The van der Waals surface area contributed by atoms with Gasteiger partial charge in [-0.3, -0.25) is 4.79 Å². The zero-order valence-corrected chi connectivity index (χ0v) is 7.04.